The van der Waals surface area contributed by atoms with Gasteiger partial charge in [-0.15, -0.1) is 0 Å². The van der Waals surface area contributed by atoms with Gasteiger partial charge in [0.15, 0.2) is 0 Å². The molecule has 20 heavy (non-hydrogen) atoms. The number of nitrogens with two attached hydrogens (primary N) is 1. The van der Waals surface area contributed by atoms with E-state index in [4.69, 9.17) is 5.73 Å². The van der Waals surface area contributed by atoms with Crippen LogP contribution in [0.4, 0.5) is 5.69 Å². The zero-order chi connectivity index (χ0) is 14.1. The Morgan fingerprint density at radius 1 is 1.15 bits per heavy atom. The van der Waals surface area contributed by atoms with Gasteiger partial charge in [0, 0.05) is 15.7 Å². The van der Waals surface area contributed by atoms with Crippen molar-refractivity contribution in [3.63, 3.8) is 0 Å². The number of benzene rings is 2. The standard InChI is InChI=1S/C15H12BrN3O/c16-12-5-3-6-13(17)11(12)8-19-9-18-14-7-2-1-4-10(14)15(19)20/h1-7,9H,8,17H2. The number of nitrogens with zero attached hydrogens (tertiary/aromatic N) is 2. The number of hydrogen-bond donors (Lipinski definition) is 1. The molecule has 0 aliphatic carbocycles. The normalized spacial score (nSPS) is 10.8. The highest BCUT2D eigenvalue weighted by molar-refractivity contribution is 9.10. The van der Waals surface area contributed by atoms with E-state index in [0.717, 1.165) is 10.0 Å². The van der Waals surface area contributed by atoms with Gasteiger partial charge in [0.1, 0.15) is 0 Å². The second-order valence-corrected chi connectivity index (χ2v) is 5.36. The van der Waals surface area contributed by atoms with Crippen LogP contribution in [0.2, 0.25) is 0 Å². The van der Waals surface area contributed by atoms with Crippen LogP contribution in [-0.2, 0) is 6.54 Å². The van der Waals surface area contributed by atoms with Crippen molar-refractivity contribution in [1.29, 1.82) is 0 Å². The predicted molar refractivity (Wildman–Crippen MR) is 83.7 cm³/mol. The second kappa shape index (κ2) is 5.09. The molecule has 0 saturated carbocycles. The van der Waals surface area contributed by atoms with Gasteiger partial charge in [-0.3, -0.25) is 9.36 Å². The molecule has 100 valence electrons. The van der Waals surface area contributed by atoms with Crippen molar-refractivity contribution in [3.05, 3.63) is 69.2 Å². The maximum Gasteiger partial charge on any atom is 0.261 e. The van der Waals surface area contributed by atoms with Gasteiger partial charge < -0.3 is 5.73 Å². The Morgan fingerprint density at radius 2 is 1.95 bits per heavy atom. The summed E-state index contributed by atoms with van der Waals surface area (Å²) in [6, 6.07) is 12.9. The van der Waals surface area contributed by atoms with Crippen LogP contribution in [0.25, 0.3) is 10.9 Å². The second-order valence-electron chi connectivity index (χ2n) is 4.50. The van der Waals surface area contributed by atoms with Crippen molar-refractivity contribution >= 4 is 32.5 Å². The van der Waals surface area contributed by atoms with E-state index in [-0.39, 0.29) is 5.56 Å². The minimum atomic E-state index is -0.0641. The number of aromatic nitrogens is 2. The third-order valence-electron chi connectivity index (χ3n) is 3.22. The molecular formula is C15H12BrN3O. The van der Waals surface area contributed by atoms with Crippen molar-refractivity contribution in [2.45, 2.75) is 6.54 Å². The Morgan fingerprint density at radius 3 is 2.75 bits per heavy atom. The van der Waals surface area contributed by atoms with Gasteiger partial charge in [-0.1, -0.05) is 34.1 Å². The third-order valence-corrected chi connectivity index (χ3v) is 3.96. The summed E-state index contributed by atoms with van der Waals surface area (Å²) in [6.07, 6.45) is 1.56. The average Bonchev–Trinajstić information content (AvgIpc) is 2.45. The van der Waals surface area contributed by atoms with Gasteiger partial charge in [0.2, 0.25) is 0 Å². The summed E-state index contributed by atoms with van der Waals surface area (Å²) in [7, 11) is 0. The quantitative estimate of drug-likeness (QED) is 0.735. The van der Waals surface area contributed by atoms with Gasteiger partial charge in [-0.2, -0.15) is 0 Å². The molecule has 3 aromatic rings. The summed E-state index contributed by atoms with van der Waals surface area (Å²) in [5.74, 6) is 0. The van der Waals surface area contributed by atoms with E-state index in [0.29, 0.717) is 23.1 Å². The molecule has 0 spiro atoms. The number of para-hydroxylation sites is 1. The first-order valence-corrected chi connectivity index (χ1v) is 6.93. The molecule has 0 aliphatic rings. The van der Waals surface area contributed by atoms with Crippen LogP contribution in [0.3, 0.4) is 0 Å². The fraction of sp³-hybridized carbons (Fsp3) is 0.0667. The van der Waals surface area contributed by atoms with Crippen molar-refractivity contribution in [3.8, 4) is 0 Å². The van der Waals surface area contributed by atoms with Crippen LogP contribution in [0, 0.1) is 0 Å². The van der Waals surface area contributed by atoms with E-state index < -0.39 is 0 Å². The molecule has 4 nitrogen and oxygen atoms in total. The zero-order valence-corrected chi connectivity index (χ0v) is 12.2. The van der Waals surface area contributed by atoms with E-state index in [1.54, 1.807) is 17.0 Å². The summed E-state index contributed by atoms with van der Waals surface area (Å²) >= 11 is 3.46. The van der Waals surface area contributed by atoms with Crippen LogP contribution in [0.15, 0.2) is 58.1 Å². The first-order chi connectivity index (χ1) is 9.66. The summed E-state index contributed by atoms with van der Waals surface area (Å²) in [6.45, 7) is 0.393. The Kier molecular flexibility index (Phi) is 3.28. The molecule has 0 bridgehead atoms. The number of fused-ring (bicyclic) bond motifs is 1. The topological polar surface area (TPSA) is 60.9 Å². The highest BCUT2D eigenvalue weighted by Gasteiger charge is 2.08. The number of anilines is 1. The molecule has 0 fully saturated rings. The summed E-state index contributed by atoms with van der Waals surface area (Å²) < 4.78 is 2.45. The lowest BCUT2D eigenvalue weighted by Crippen LogP contribution is -2.21. The van der Waals surface area contributed by atoms with E-state index in [2.05, 4.69) is 20.9 Å². The Balaban J connectivity index is 2.12. The fourth-order valence-corrected chi connectivity index (χ4v) is 2.64. The van der Waals surface area contributed by atoms with Gasteiger partial charge in [0.05, 0.1) is 23.8 Å². The molecule has 0 radical (unpaired) electrons. The van der Waals surface area contributed by atoms with Crippen molar-refractivity contribution in [2.75, 3.05) is 5.73 Å². The number of nitrogen functional groups attached to an aromatic ring is 1. The lowest BCUT2D eigenvalue weighted by molar-refractivity contribution is 0.747. The number of hydrogen-bond acceptors (Lipinski definition) is 3. The van der Waals surface area contributed by atoms with Crippen molar-refractivity contribution < 1.29 is 0 Å². The van der Waals surface area contributed by atoms with E-state index in [9.17, 15) is 4.79 Å². The number of rotatable bonds is 2. The summed E-state index contributed by atoms with van der Waals surface area (Å²) in [5.41, 5.74) is 8.14. The summed E-state index contributed by atoms with van der Waals surface area (Å²) in [4.78, 5) is 16.7. The van der Waals surface area contributed by atoms with Crippen molar-refractivity contribution in [1.82, 2.24) is 9.55 Å². The van der Waals surface area contributed by atoms with E-state index in [1.165, 1.54) is 0 Å². The molecule has 1 heterocycles. The molecule has 0 amide bonds. The van der Waals surface area contributed by atoms with Crippen LogP contribution in [-0.4, -0.2) is 9.55 Å². The molecule has 3 rings (SSSR count). The third kappa shape index (κ3) is 2.20. The highest BCUT2D eigenvalue weighted by Crippen LogP contribution is 2.23. The first-order valence-electron chi connectivity index (χ1n) is 6.14. The van der Waals surface area contributed by atoms with E-state index >= 15 is 0 Å². The van der Waals surface area contributed by atoms with E-state index in [1.807, 2.05) is 36.4 Å². The maximum atomic E-state index is 12.4. The maximum absolute atomic E-state index is 12.4. The van der Waals surface area contributed by atoms with Crippen molar-refractivity contribution in [2.24, 2.45) is 0 Å². The SMILES string of the molecule is Nc1cccc(Br)c1Cn1cnc2ccccc2c1=O. The molecule has 0 aliphatic heterocycles. The van der Waals surface area contributed by atoms with Gasteiger partial charge in [-0.25, -0.2) is 4.98 Å². The van der Waals surface area contributed by atoms with Gasteiger partial charge >= 0.3 is 0 Å². The predicted octanol–water partition coefficient (Wildman–Crippen LogP) is 2.79. The largest absolute Gasteiger partial charge is 0.398 e. The monoisotopic (exact) mass is 329 g/mol. The minimum Gasteiger partial charge on any atom is -0.398 e. The zero-order valence-electron chi connectivity index (χ0n) is 10.6. The van der Waals surface area contributed by atoms with Crippen LogP contribution < -0.4 is 11.3 Å². The Hall–Kier alpha value is -2.14. The van der Waals surface area contributed by atoms with Crippen LogP contribution in [0.5, 0.6) is 0 Å². The Labute approximate surface area is 124 Å². The van der Waals surface area contributed by atoms with Crippen LogP contribution >= 0.6 is 15.9 Å². The first kappa shape index (κ1) is 12.9. The number of halogens is 1. The average molecular weight is 330 g/mol. The molecule has 0 unspecified atom stereocenters. The van der Waals surface area contributed by atoms with Crippen LogP contribution in [0.1, 0.15) is 5.56 Å². The summed E-state index contributed by atoms with van der Waals surface area (Å²) in [5, 5.41) is 0.612. The molecule has 2 aromatic carbocycles. The molecule has 5 heteroatoms. The molecule has 0 atom stereocenters. The minimum absolute atomic E-state index is 0.0641. The molecule has 1 aromatic heterocycles. The molecular weight excluding hydrogens is 318 g/mol. The fourth-order valence-electron chi connectivity index (χ4n) is 2.13. The Bertz CT molecular complexity index is 822. The molecule has 0 saturated heterocycles. The lowest BCUT2D eigenvalue weighted by atomic mass is 10.2. The lowest BCUT2D eigenvalue weighted by Gasteiger charge is -2.10. The van der Waals surface area contributed by atoms with Gasteiger partial charge in [-0.05, 0) is 24.3 Å². The highest BCUT2D eigenvalue weighted by atomic mass is 79.9. The molecule has 2 N–H and O–H groups in total. The van der Waals surface area contributed by atoms with Gasteiger partial charge in [0.25, 0.3) is 5.56 Å². The smallest absolute Gasteiger partial charge is 0.261 e.